The monoisotopic (exact) mass is 330 g/mol. The summed E-state index contributed by atoms with van der Waals surface area (Å²) in [6.45, 7) is 3.08. The third-order valence-corrected chi connectivity index (χ3v) is 3.71. The molecule has 0 saturated heterocycles. The topological polar surface area (TPSA) is 57.3 Å². The summed E-state index contributed by atoms with van der Waals surface area (Å²) in [6, 6.07) is 7.46. The molecule has 0 unspecified atom stereocenters. The number of anilines is 1. The number of nitrogens with zero attached hydrogens (tertiary/aromatic N) is 2. The Morgan fingerprint density at radius 1 is 1.21 bits per heavy atom. The summed E-state index contributed by atoms with van der Waals surface area (Å²) < 4.78 is 13.1. The van der Waals surface area contributed by atoms with E-state index in [0.717, 1.165) is 16.8 Å². The Bertz CT molecular complexity index is 673. The number of rotatable bonds is 7. The van der Waals surface area contributed by atoms with Crippen molar-refractivity contribution in [2.45, 2.75) is 13.0 Å². The smallest absolute Gasteiger partial charge is 0.242 e. The van der Waals surface area contributed by atoms with Gasteiger partial charge in [0.05, 0.1) is 0 Å². The van der Waals surface area contributed by atoms with Crippen LogP contribution in [0.1, 0.15) is 17.2 Å². The van der Waals surface area contributed by atoms with Crippen LogP contribution in [-0.4, -0.2) is 43.0 Å². The van der Waals surface area contributed by atoms with Gasteiger partial charge in [0, 0.05) is 31.2 Å². The van der Waals surface area contributed by atoms with Gasteiger partial charge in [-0.1, -0.05) is 12.1 Å². The lowest BCUT2D eigenvalue weighted by molar-refractivity contribution is -0.125. The fourth-order valence-electron chi connectivity index (χ4n) is 2.48. The highest BCUT2D eigenvalue weighted by Gasteiger charge is 2.22. The van der Waals surface area contributed by atoms with E-state index in [1.165, 1.54) is 12.1 Å². The van der Waals surface area contributed by atoms with Crippen molar-refractivity contribution in [3.63, 3.8) is 0 Å². The van der Waals surface area contributed by atoms with Crippen molar-refractivity contribution < 1.29 is 9.18 Å². The zero-order chi connectivity index (χ0) is 17.5. The van der Waals surface area contributed by atoms with Crippen LogP contribution in [-0.2, 0) is 4.79 Å². The molecule has 6 heteroatoms. The van der Waals surface area contributed by atoms with Crippen molar-refractivity contribution in [3.05, 3.63) is 59.7 Å². The van der Waals surface area contributed by atoms with E-state index in [4.69, 9.17) is 0 Å². The van der Waals surface area contributed by atoms with Gasteiger partial charge in [-0.25, -0.2) is 4.39 Å². The second kappa shape index (κ2) is 8.40. The average Bonchev–Trinajstić information content (AvgIpc) is 2.55. The molecule has 0 aliphatic heterocycles. The predicted octanol–water partition coefficient (Wildman–Crippen LogP) is 2.36. The molecule has 0 aliphatic rings. The zero-order valence-corrected chi connectivity index (χ0v) is 14.2. The average molecular weight is 330 g/mol. The van der Waals surface area contributed by atoms with E-state index >= 15 is 0 Å². The quantitative estimate of drug-likeness (QED) is 0.765. The molecule has 0 saturated carbocycles. The van der Waals surface area contributed by atoms with Crippen LogP contribution in [0.3, 0.4) is 0 Å². The lowest BCUT2D eigenvalue weighted by atomic mass is 10.1. The maximum absolute atomic E-state index is 13.1. The normalized spacial score (nSPS) is 12.0. The number of aryl methyl sites for hydroxylation is 1. The second-order valence-corrected chi connectivity index (χ2v) is 5.83. The van der Waals surface area contributed by atoms with Crippen molar-refractivity contribution in [1.29, 1.82) is 0 Å². The highest BCUT2D eigenvalue weighted by atomic mass is 19.1. The van der Waals surface area contributed by atoms with Crippen LogP contribution in [0.15, 0.2) is 42.7 Å². The van der Waals surface area contributed by atoms with Gasteiger partial charge in [0.25, 0.3) is 0 Å². The largest absolute Gasteiger partial charge is 0.383 e. The number of pyridine rings is 1. The first-order chi connectivity index (χ1) is 11.5. The maximum atomic E-state index is 13.1. The van der Waals surface area contributed by atoms with E-state index in [9.17, 15) is 9.18 Å². The van der Waals surface area contributed by atoms with Crippen molar-refractivity contribution in [1.82, 2.24) is 15.2 Å². The third kappa shape index (κ3) is 4.76. The molecule has 1 heterocycles. The summed E-state index contributed by atoms with van der Waals surface area (Å²) in [5.41, 5.74) is 2.82. The minimum absolute atomic E-state index is 0.111. The number of hydrogen-bond acceptors (Lipinski definition) is 4. The Morgan fingerprint density at radius 3 is 2.54 bits per heavy atom. The lowest BCUT2D eigenvalue weighted by Crippen LogP contribution is -2.39. The van der Waals surface area contributed by atoms with Gasteiger partial charge in [-0.2, -0.15) is 0 Å². The summed E-state index contributed by atoms with van der Waals surface area (Å²) in [5.74, 6) is -0.423. The molecule has 0 spiro atoms. The number of carbonyl (C=O) groups is 1. The van der Waals surface area contributed by atoms with E-state index < -0.39 is 6.04 Å². The van der Waals surface area contributed by atoms with E-state index in [-0.39, 0.29) is 11.7 Å². The molecule has 2 aromatic rings. The standard InChI is InChI=1S/C18H23FN4O/c1-13-12-20-9-8-16(13)21-10-11-22-18(24)17(23(2)3)14-4-6-15(19)7-5-14/h4-9,12,17H,10-11H2,1-3H3,(H,20,21)(H,22,24)/t17-/m1/s1. The number of nitrogens with one attached hydrogen (secondary N) is 2. The number of amides is 1. The number of likely N-dealkylation sites (N-methyl/N-ethyl adjacent to an activating group) is 1. The van der Waals surface area contributed by atoms with Crippen LogP contribution >= 0.6 is 0 Å². The summed E-state index contributed by atoms with van der Waals surface area (Å²) in [6.07, 6.45) is 3.52. The Labute approximate surface area is 141 Å². The fourth-order valence-corrected chi connectivity index (χ4v) is 2.48. The molecule has 2 rings (SSSR count). The molecule has 24 heavy (non-hydrogen) atoms. The first-order valence-corrected chi connectivity index (χ1v) is 7.83. The molecule has 1 atom stereocenters. The Kier molecular flexibility index (Phi) is 6.26. The predicted molar refractivity (Wildman–Crippen MR) is 93.3 cm³/mol. The van der Waals surface area contributed by atoms with Gasteiger partial charge in [0.2, 0.25) is 5.91 Å². The molecule has 1 aromatic carbocycles. The van der Waals surface area contributed by atoms with Gasteiger partial charge in [-0.15, -0.1) is 0 Å². The van der Waals surface area contributed by atoms with Crippen molar-refractivity contribution in [2.75, 3.05) is 32.5 Å². The molecule has 0 fully saturated rings. The van der Waals surface area contributed by atoms with Crippen LogP contribution in [0.5, 0.6) is 0 Å². The van der Waals surface area contributed by atoms with E-state index in [1.54, 1.807) is 24.5 Å². The van der Waals surface area contributed by atoms with E-state index in [1.807, 2.05) is 32.0 Å². The summed E-state index contributed by atoms with van der Waals surface area (Å²) in [4.78, 5) is 18.3. The molecule has 1 amide bonds. The number of carbonyl (C=O) groups excluding carboxylic acids is 1. The number of halogens is 1. The Morgan fingerprint density at radius 2 is 1.92 bits per heavy atom. The molecule has 0 bridgehead atoms. The van der Waals surface area contributed by atoms with Crippen LogP contribution < -0.4 is 10.6 Å². The number of benzene rings is 1. The van der Waals surface area contributed by atoms with Gasteiger partial charge >= 0.3 is 0 Å². The zero-order valence-electron chi connectivity index (χ0n) is 14.2. The molecule has 128 valence electrons. The van der Waals surface area contributed by atoms with Crippen molar-refractivity contribution >= 4 is 11.6 Å². The highest BCUT2D eigenvalue weighted by Crippen LogP contribution is 2.18. The van der Waals surface area contributed by atoms with Crippen molar-refractivity contribution in [3.8, 4) is 0 Å². The van der Waals surface area contributed by atoms with Gasteiger partial charge in [0.1, 0.15) is 11.9 Å². The maximum Gasteiger partial charge on any atom is 0.242 e. The van der Waals surface area contributed by atoms with E-state index in [2.05, 4.69) is 15.6 Å². The highest BCUT2D eigenvalue weighted by molar-refractivity contribution is 5.83. The number of aromatic nitrogens is 1. The van der Waals surface area contributed by atoms with Gasteiger partial charge in [-0.05, 0) is 50.3 Å². The van der Waals surface area contributed by atoms with Crippen LogP contribution in [0.4, 0.5) is 10.1 Å². The SMILES string of the molecule is Cc1cnccc1NCCNC(=O)[C@@H](c1ccc(F)cc1)N(C)C. The second-order valence-electron chi connectivity index (χ2n) is 5.83. The molecule has 2 N–H and O–H groups in total. The molecular formula is C18H23FN4O. The van der Waals surface area contributed by atoms with Gasteiger partial charge < -0.3 is 10.6 Å². The molecule has 5 nitrogen and oxygen atoms in total. The fraction of sp³-hybridized carbons (Fsp3) is 0.333. The third-order valence-electron chi connectivity index (χ3n) is 3.71. The molecule has 0 aliphatic carbocycles. The minimum Gasteiger partial charge on any atom is -0.383 e. The number of hydrogen-bond donors (Lipinski definition) is 2. The minimum atomic E-state index is -0.451. The van der Waals surface area contributed by atoms with Gasteiger partial charge in [0.15, 0.2) is 0 Å². The van der Waals surface area contributed by atoms with Crippen LogP contribution in [0, 0.1) is 12.7 Å². The van der Waals surface area contributed by atoms with Crippen LogP contribution in [0.2, 0.25) is 0 Å². The summed E-state index contributed by atoms with van der Waals surface area (Å²) >= 11 is 0. The van der Waals surface area contributed by atoms with Crippen LogP contribution in [0.25, 0.3) is 0 Å². The first kappa shape index (κ1) is 17.9. The first-order valence-electron chi connectivity index (χ1n) is 7.83. The Balaban J connectivity index is 1.89. The van der Waals surface area contributed by atoms with Crippen molar-refractivity contribution in [2.24, 2.45) is 0 Å². The molecular weight excluding hydrogens is 307 g/mol. The lowest BCUT2D eigenvalue weighted by Gasteiger charge is -2.24. The molecule has 1 aromatic heterocycles. The van der Waals surface area contributed by atoms with Gasteiger partial charge in [-0.3, -0.25) is 14.7 Å². The Hall–Kier alpha value is -2.47. The molecule has 0 radical (unpaired) electrons. The summed E-state index contributed by atoms with van der Waals surface area (Å²) in [5, 5.41) is 6.18. The summed E-state index contributed by atoms with van der Waals surface area (Å²) in [7, 11) is 3.65. The van der Waals surface area contributed by atoms with E-state index in [0.29, 0.717) is 13.1 Å².